The van der Waals surface area contributed by atoms with Crippen molar-refractivity contribution in [1.82, 2.24) is 10.0 Å². The lowest BCUT2D eigenvalue weighted by Crippen LogP contribution is -2.55. The molecule has 1 saturated heterocycles. The second-order valence-corrected chi connectivity index (χ2v) is 5.12. The number of anilines is 1. The Morgan fingerprint density at radius 1 is 1.26 bits per heavy atom. The van der Waals surface area contributed by atoms with Gasteiger partial charge in [0.1, 0.15) is 0 Å². The summed E-state index contributed by atoms with van der Waals surface area (Å²) in [5.74, 6) is 0.203. The molecule has 19 heavy (non-hydrogen) atoms. The molecule has 1 unspecified atom stereocenters. The van der Waals surface area contributed by atoms with Crippen LogP contribution in [0.3, 0.4) is 0 Å². The zero-order valence-corrected chi connectivity index (χ0v) is 12.0. The molecule has 0 saturated carbocycles. The van der Waals surface area contributed by atoms with Crippen molar-refractivity contribution >= 4 is 11.6 Å². The molecule has 0 bridgehead atoms. The normalized spacial score (nSPS) is 21.3. The van der Waals surface area contributed by atoms with Crippen LogP contribution in [0.5, 0.6) is 0 Å². The van der Waals surface area contributed by atoms with Crippen molar-refractivity contribution in [2.75, 3.05) is 32.1 Å². The van der Waals surface area contributed by atoms with Gasteiger partial charge >= 0.3 is 0 Å². The average Bonchev–Trinajstić information content (AvgIpc) is 2.44. The Labute approximate surface area is 115 Å². The largest absolute Gasteiger partial charge is 0.308 e. The van der Waals surface area contributed by atoms with Crippen LogP contribution in [0.25, 0.3) is 0 Å². The molecule has 2 rings (SSSR count). The third-order valence-electron chi connectivity index (χ3n) is 3.81. The molecule has 0 aliphatic carbocycles. The molecule has 0 aromatic heterocycles. The van der Waals surface area contributed by atoms with Gasteiger partial charge in [-0.15, -0.1) is 0 Å². The first kappa shape index (κ1) is 14.0. The summed E-state index contributed by atoms with van der Waals surface area (Å²) in [6.07, 6.45) is 1.56. The Kier molecular flexibility index (Phi) is 4.56. The van der Waals surface area contributed by atoms with Crippen LogP contribution >= 0.6 is 0 Å². The number of carbonyl (C=O) groups is 1. The van der Waals surface area contributed by atoms with E-state index in [4.69, 9.17) is 0 Å². The van der Waals surface area contributed by atoms with Gasteiger partial charge in [-0.05, 0) is 18.6 Å². The summed E-state index contributed by atoms with van der Waals surface area (Å²) in [7, 11) is 4.16. The number of carbonyl (C=O) groups excluding carboxylic acids is 1. The Morgan fingerprint density at radius 3 is 2.53 bits per heavy atom. The number of nitrogens with zero attached hydrogens (tertiary/aromatic N) is 3. The lowest BCUT2D eigenvalue weighted by Gasteiger charge is -2.42. The standard InChI is InChI=1S/C15H23N3O/c1-4-15(19)18(13-8-6-5-7-9-13)14-10-11-16(2)17(3)12-14/h5-9,14H,4,10-12H2,1-3H3. The second kappa shape index (κ2) is 6.17. The molecular weight excluding hydrogens is 238 g/mol. The minimum Gasteiger partial charge on any atom is -0.308 e. The van der Waals surface area contributed by atoms with E-state index < -0.39 is 0 Å². The molecule has 1 aliphatic heterocycles. The van der Waals surface area contributed by atoms with Crippen LogP contribution in [0.4, 0.5) is 5.69 Å². The Bertz CT molecular complexity index is 421. The summed E-state index contributed by atoms with van der Waals surface area (Å²) in [5, 5.41) is 4.39. The van der Waals surface area contributed by atoms with E-state index in [1.807, 2.05) is 42.2 Å². The van der Waals surface area contributed by atoms with Gasteiger partial charge in [-0.25, -0.2) is 10.0 Å². The lowest BCUT2D eigenvalue weighted by atomic mass is 10.1. The fraction of sp³-hybridized carbons (Fsp3) is 0.533. The van der Waals surface area contributed by atoms with Crippen molar-refractivity contribution < 1.29 is 4.79 Å². The second-order valence-electron chi connectivity index (χ2n) is 5.12. The van der Waals surface area contributed by atoms with Crippen molar-refractivity contribution in [2.24, 2.45) is 0 Å². The predicted molar refractivity (Wildman–Crippen MR) is 77.9 cm³/mol. The number of hydrogen-bond acceptors (Lipinski definition) is 3. The van der Waals surface area contributed by atoms with Gasteiger partial charge in [0.05, 0.1) is 6.04 Å². The topological polar surface area (TPSA) is 26.8 Å². The van der Waals surface area contributed by atoms with Crippen molar-refractivity contribution in [1.29, 1.82) is 0 Å². The molecule has 0 radical (unpaired) electrons. The molecule has 1 fully saturated rings. The first-order chi connectivity index (χ1) is 9.13. The van der Waals surface area contributed by atoms with E-state index in [1.54, 1.807) is 0 Å². The molecule has 0 N–H and O–H groups in total. The summed E-state index contributed by atoms with van der Waals surface area (Å²) in [6.45, 7) is 3.80. The molecule has 4 nitrogen and oxygen atoms in total. The minimum absolute atomic E-state index is 0.203. The van der Waals surface area contributed by atoms with Crippen LogP contribution in [-0.2, 0) is 4.79 Å². The highest BCUT2D eigenvalue weighted by Crippen LogP contribution is 2.22. The fourth-order valence-corrected chi connectivity index (χ4v) is 2.57. The molecule has 1 atom stereocenters. The van der Waals surface area contributed by atoms with Crippen LogP contribution in [0.15, 0.2) is 30.3 Å². The summed E-state index contributed by atoms with van der Waals surface area (Å²) < 4.78 is 0. The Balaban J connectivity index is 2.22. The zero-order valence-electron chi connectivity index (χ0n) is 12.0. The number of para-hydroxylation sites is 1. The van der Waals surface area contributed by atoms with Gasteiger partial charge in [-0.3, -0.25) is 4.79 Å². The number of benzene rings is 1. The maximum absolute atomic E-state index is 12.3. The van der Waals surface area contributed by atoms with Gasteiger partial charge in [-0.2, -0.15) is 0 Å². The highest BCUT2D eigenvalue weighted by atomic mass is 16.2. The summed E-state index contributed by atoms with van der Waals surface area (Å²) >= 11 is 0. The SMILES string of the molecule is CCC(=O)N(c1ccccc1)C1CCN(C)N(C)C1. The third-order valence-corrected chi connectivity index (χ3v) is 3.81. The van der Waals surface area contributed by atoms with Crippen LogP contribution in [0.1, 0.15) is 19.8 Å². The van der Waals surface area contributed by atoms with E-state index in [-0.39, 0.29) is 11.9 Å². The number of hydrazine groups is 1. The predicted octanol–water partition coefficient (Wildman–Crippen LogP) is 1.98. The van der Waals surface area contributed by atoms with Gasteiger partial charge in [0.2, 0.25) is 5.91 Å². The smallest absolute Gasteiger partial charge is 0.227 e. The maximum Gasteiger partial charge on any atom is 0.227 e. The molecule has 104 valence electrons. The third kappa shape index (κ3) is 3.14. The van der Waals surface area contributed by atoms with E-state index in [0.29, 0.717) is 6.42 Å². The molecule has 1 amide bonds. The highest BCUT2D eigenvalue weighted by Gasteiger charge is 2.29. The van der Waals surface area contributed by atoms with E-state index in [0.717, 1.165) is 25.2 Å². The Hall–Kier alpha value is -1.39. The van der Waals surface area contributed by atoms with E-state index in [1.165, 1.54) is 0 Å². The van der Waals surface area contributed by atoms with Crippen molar-refractivity contribution in [3.05, 3.63) is 30.3 Å². The lowest BCUT2D eigenvalue weighted by molar-refractivity contribution is -0.119. The van der Waals surface area contributed by atoms with Crippen molar-refractivity contribution in [2.45, 2.75) is 25.8 Å². The monoisotopic (exact) mass is 261 g/mol. The fourth-order valence-electron chi connectivity index (χ4n) is 2.57. The van der Waals surface area contributed by atoms with Crippen LogP contribution in [0.2, 0.25) is 0 Å². The summed E-state index contributed by atoms with van der Waals surface area (Å²) in [4.78, 5) is 14.3. The number of amides is 1. The van der Waals surface area contributed by atoms with Crippen LogP contribution in [-0.4, -0.2) is 49.2 Å². The first-order valence-corrected chi connectivity index (χ1v) is 6.92. The molecule has 1 aliphatic rings. The van der Waals surface area contributed by atoms with E-state index >= 15 is 0 Å². The molecule has 4 heteroatoms. The van der Waals surface area contributed by atoms with E-state index in [2.05, 4.69) is 24.1 Å². The summed E-state index contributed by atoms with van der Waals surface area (Å²) in [5.41, 5.74) is 1.01. The highest BCUT2D eigenvalue weighted by molar-refractivity contribution is 5.93. The number of likely N-dealkylation sites (N-methyl/N-ethyl adjacent to an activating group) is 1. The number of hydrogen-bond donors (Lipinski definition) is 0. The molecule has 0 spiro atoms. The van der Waals surface area contributed by atoms with Crippen LogP contribution < -0.4 is 4.90 Å². The molecule has 1 aromatic rings. The van der Waals surface area contributed by atoms with Crippen molar-refractivity contribution in [3.63, 3.8) is 0 Å². The van der Waals surface area contributed by atoms with Gasteiger partial charge in [0.15, 0.2) is 0 Å². The van der Waals surface area contributed by atoms with Gasteiger partial charge < -0.3 is 4.90 Å². The first-order valence-electron chi connectivity index (χ1n) is 6.92. The van der Waals surface area contributed by atoms with Crippen LogP contribution in [0, 0.1) is 0 Å². The van der Waals surface area contributed by atoms with Gasteiger partial charge in [0.25, 0.3) is 0 Å². The molecule has 1 heterocycles. The summed E-state index contributed by atoms with van der Waals surface area (Å²) in [6, 6.07) is 10.3. The number of rotatable bonds is 3. The quantitative estimate of drug-likeness (QED) is 0.832. The minimum atomic E-state index is 0.203. The molecular formula is C15H23N3O. The van der Waals surface area contributed by atoms with E-state index in [9.17, 15) is 4.79 Å². The average molecular weight is 261 g/mol. The molecule has 1 aromatic carbocycles. The Morgan fingerprint density at radius 2 is 1.95 bits per heavy atom. The maximum atomic E-state index is 12.3. The zero-order chi connectivity index (χ0) is 13.8. The van der Waals surface area contributed by atoms with Gasteiger partial charge in [0, 0.05) is 39.3 Å². The van der Waals surface area contributed by atoms with Crippen molar-refractivity contribution in [3.8, 4) is 0 Å². The van der Waals surface area contributed by atoms with Gasteiger partial charge in [-0.1, -0.05) is 25.1 Å².